The number of nitrogens with one attached hydrogen (secondary N) is 1. The third-order valence-corrected chi connectivity index (χ3v) is 5.85. The molecule has 0 aliphatic rings. The van der Waals surface area contributed by atoms with Gasteiger partial charge in [0.15, 0.2) is 0 Å². The molecule has 31 heavy (non-hydrogen) atoms. The van der Waals surface area contributed by atoms with Crippen LogP contribution in [0.3, 0.4) is 0 Å². The lowest BCUT2D eigenvalue weighted by atomic mass is 10.2. The first-order valence-electron chi connectivity index (χ1n) is 9.95. The summed E-state index contributed by atoms with van der Waals surface area (Å²) in [4.78, 5) is 26.5. The Morgan fingerprint density at radius 2 is 1.74 bits per heavy atom. The topological polar surface area (TPSA) is 72.7 Å². The minimum absolute atomic E-state index is 0.271. The summed E-state index contributed by atoms with van der Waals surface area (Å²) in [6.45, 7) is 0.652. The number of hydrogen-bond acceptors (Lipinski definition) is 5. The van der Waals surface area contributed by atoms with Crippen molar-refractivity contribution in [2.75, 3.05) is 5.32 Å². The van der Waals surface area contributed by atoms with Crippen molar-refractivity contribution in [2.45, 2.75) is 13.0 Å². The number of imidazole rings is 1. The molecule has 0 aliphatic heterocycles. The fraction of sp³-hybridized carbons (Fsp3) is 0.0833. The van der Waals surface area contributed by atoms with Crippen LogP contribution in [-0.4, -0.2) is 25.4 Å². The van der Waals surface area contributed by atoms with E-state index >= 15 is 0 Å². The summed E-state index contributed by atoms with van der Waals surface area (Å²) in [6.07, 6.45) is 2.52. The van der Waals surface area contributed by atoms with Gasteiger partial charge in [-0.1, -0.05) is 48.5 Å². The molecule has 0 radical (unpaired) electrons. The second kappa shape index (κ2) is 8.49. The van der Waals surface area contributed by atoms with Crippen LogP contribution in [0.15, 0.2) is 84.4 Å². The Morgan fingerprint density at radius 1 is 0.935 bits per heavy atom. The van der Waals surface area contributed by atoms with Crippen molar-refractivity contribution in [2.24, 2.45) is 0 Å². The molecule has 1 N–H and O–H groups in total. The van der Waals surface area contributed by atoms with Gasteiger partial charge in [-0.15, -0.1) is 11.3 Å². The second-order valence-corrected chi connectivity index (χ2v) is 7.86. The van der Waals surface area contributed by atoms with E-state index < -0.39 is 0 Å². The maximum atomic E-state index is 12.9. The van der Waals surface area contributed by atoms with Crippen molar-refractivity contribution in [3.63, 3.8) is 0 Å². The first kappa shape index (κ1) is 19.1. The second-order valence-electron chi connectivity index (χ2n) is 7.00. The molecule has 3 aromatic heterocycles. The van der Waals surface area contributed by atoms with Crippen LogP contribution in [0.25, 0.3) is 21.6 Å². The highest BCUT2D eigenvalue weighted by Gasteiger charge is 2.17. The fourth-order valence-corrected chi connectivity index (χ4v) is 4.23. The first-order chi connectivity index (χ1) is 15.3. The molecule has 5 aromatic rings. The number of nitrogens with zero attached hydrogens (tertiary/aromatic N) is 4. The molecule has 1 amide bonds. The number of hydrogen-bond donors (Lipinski definition) is 1. The molecule has 0 spiro atoms. The van der Waals surface area contributed by atoms with Crippen LogP contribution in [0.4, 0.5) is 5.95 Å². The van der Waals surface area contributed by atoms with E-state index in [4.69, 9.17) is 0 Å². The van der Waals surface area contributed by atoms with Crippen molar-refractivity contribution in [1.82, 2.24) is 19.5 Å². The number of carbonyl (C=O) groups excluding carboxylic acids is 1. The lowest BCUT2D eigenvalue weighted by Gasteiger charge is -2.09. The van der Waals surface area contributed by atoms with Gasteiger partial charge < -0.3 is 4.57 Å². The third-order valence-electron chi connectivity index (χ3n) is 4.96. The van der Waals surface area contributed by atoms with Gasteiger partial charge in [0.1, 0.15) is 10.7 Å². The van der Waals surface area contributed by atoms with Gasteiger partial charge in [-0.25, -0.2) is 9.97 Å². The number of fused-ring (bicyclic) bond motifs is 1. The molecule has 5 rings (SSSR count). The molecule has 3 heterocycles. The Balaban J connectivity index is 1.41. The first-order valence-corrected chi connectivity index (χ1v) is 10.8. The van der Waals surface area contributed by atoms with E-state index in [1.165, 1.54) is 11.3 Å². The SMILES string of the molecule is O=C(Nc1nc2ccccc2n1CCc1ccccn1)c1csc(-c2ccccc2)n1. The highest BCUT2D eigenvalue weighted by Crippen LogP contribution is 2.25. The van der Waals surface area contributed by atoms with Crippen LogP contribution < -0.4 is 5.32 Å². The van der Waals surface area contributed by atoms with Gasteiger partial charge in [-0.3, -0.25) is 15.1 Å². The molecule has 0 saturated carbocycles. The van der Waals surface area contributed by atoms with E-state index in [2.05, 4.69) is 20.3 Å². The van der Waals surface area contributed by atoms with Crippen molar-refractivity contribution in [1.29, 1.82) is 0 Å². The van der Waals surface area contributed by atoms with Crippen molar-refractivity contribution in [3.8, 4) is 10.6 Å². The summed E-state index contributed by atoms with van der Waals surface area (Å²) in [6, 6.07) is 23.6. The van der Waals surface area contributed by atoms with Gasteiger partial charge in [-0.05, 0) is 24.3 Å². The standard InChI is InChI=1S/C24H19N5OS/c30-22(20-16-31-23(26-20)17-8-2-1-3-9-17)28-24-27-19-11-4-5-12-21(19)29(24)15-13-18-10-6-7-14-25-18/h1-12,14,16H,13,15H2,(H,27,28,30). The van der Waals surface area contributed by atoms with E-state index in [1.807, 2.05) is 77.4 Å². The van der Waals surface area contributed by atoms with Crippen LogP contribution in [0.2, 0.25) is 0 Å². The molecule has 0 unspecified atom stereocenters. The van der Waals surface area contributed by atoms with E-state index in [0.717, 1.165) is 33.7 Å². The minimum Gasteiger partial charge on any atom is -0.310 e. The molecular formula is C24H19N5OS. The zero-order chi connectivity index (χ0) is 21.0. The molecule has 152 valence electrons. The summed E-state index contributed by atoms with van der Waals surface area (Å²) < 4.78 is 2.02. The van der Waals surface area contributed by atoms with Crippen LogP contribution in [0.1, 0.15) is 16.2 Å². The molecule has 0 bridgehead atoms. The lowest BCUT2D eigenvalue weighted by molar-refractivity contribution is 0.102. The summed E-state index contributed by atoms with van der Waals surface area (Å²) in [5, 5.41) is 5.54. The third kappa shape index (κ3) is 4.08. The van der Waals surface area contributed by atoms with Crippen LogP contribution in [-0.2, 0) is 13.0 Å². The average Bonchev–Trinajstić information content (AvgIpc) is 3.44. The van der Waals surface area contributed by atoms with Crippen LogP contribution in [0.5, 0.6) is 0 Å². The molecule has 7 heteroatoms. The Bertz CT molecular complexity index is 1330. The number of carbonyl (C=O) groups is 1. The summed E-state index contributed by atoms with van der Waals surface area (Å²) in [5.41, 5.74) is 4.17. The Kier molecular flexibility index (Phi) is 5.24. The zero-order valence-corrected chi connectivity index (χ0v) is 17.4. The molecule has 0 fully saturated rings. The Labute approximate surface area is 183 Å². The Morgan fingerprint density at radius 3 is 2.58 bits per heavy atom. The number of anilines is 1. The normalized spacial score (nSPS) is 11.0. The average molecular weight is 426 g/mol. The molecular weight excluding hydrogens is 406 g/mol. The van der Waals surface area contributed by atoms with Crippen LogP contribution >= 0.6 is 11.3 Å². The monoisotopic (exact) mass is 425 g/mol. The predicted molar refractivity (Wildman–Crippen MR) is 123 cm³/mol. The molecule has 6 nitrogen and oxygen atoms in total. The maximum absolute atomic E-state index is 12.9. The van der Waals surface area contributed by atoms with Gasteiger partial charge in [0, 0.05) is 35.8 Å². The summed E-state index contributed by atoms with van der Waals surface area (Å²) >= 11 is 1.45. The Hall–Kier alpha value is -3.84. The van der Waals surface area contributed by atoms with Crippen molar-refractivity contribution in [3.05, 3.63) is 95.8 Å². The number of benzene rings is 2. The number of thiazole rings is 1. The van der Waals surface area contributed by atoms with Gasteiger partial charge in [0.25, 0.3) is 5.91 Å². The number of amides is 1. The largest absolute Gasteiger partial charge is 0.310 e. The smallest absolute Gasteiger partial charge is 0.277 e. The van der Waals surface area contributed by atoms with Gasteiger partial charge in [0.2, 0.25) is 5.95 Å². The summed E-state index contributed by atoms with van der Waals surface area (Å²) in [7, 11) is 0. The van der Waals surface area contributed by atoms with E-state index in [0.29, 0.717) is 18.2 Å². The fourth-order valence-electron chi connectivity index (χ4n) is 3.43. The minimum atomic E-state index is -0.271. The highest BCUT2D eigenvalue weighted by molar-refractivity contribution is 7.13. The number of aromatic nitrogens is 4. The quantitative estimate of drug-likeness (QED) is 0.413. The number of rotatable bonds is 6. The summed E-state index contributed by atoms with van der Waals surface area (Å²) in [5.74, 6) is 0.240. The number of aryl methyl sites for hydroxylation is 2. The van der Waals surface area contributed by atoms with Crippen LogP contribution in [0, 0.1) is 0 Å². The molecule has 0 aliphatic carbocycles. The molecule has 2 aromatic carbocycles. The zero-order valence-electron chi connectivity index (χ0n) is 16.6. The van der Waals surface area contributed by atoms with E-state index in [9.17, 15) is 4.79 Å². The van der Waals surface area contributed by atoms with E-state index in [-0.39, 0.29) is 5.91 Å². The molecule has 0 saturated heterocycles. The number of para-hydroxylation sites is 2. The van der Waals surface area contributed by atoms with Gasteiger partial charge in [-0.2, -0.15) is 0 Å². The van der Waals surface area contributed by atoms with E-state index in [1.54, 1.807) is 11.6 Å². The molecule has 0 atom stereocenters. The lowest BCUT2D eigenvalue weighted by Crippen LogP contribution is -2.17. The number of pyridine rings is 1. The van der Waals surface area contributed by atoms with Crippen molar-refractivity contribution >= 4 is 34.2 Å². The predicted octanol–water partition coefficient (Wildman–Crippen LogP) is 5.05. The van der Waals surface area contributed by atoms with Gasteiger partial charge >= 0.3 is 0 Å². The highest BCUT2D eigenvalue weighted by atomic mass is 32.1. The maximum Gasteiger partial charge on any atom is 0.277 e. The van der Waals surface area contributed by atoms with Crippen molar-refractivity contribution < 1.29 is 4.79 Å². The van der Waals surface area contributed by atoms with Gasteiger partial charge in [0.05, 0.1) is 11.0 Å².